The van der Waals surface area contributed by atoms with Crippen LogP contribution in [0.25, 0.3) is 0 Å². The van der Waals surface area contributed by atoms with Crippen LogP contribution in [0.15, 0.2) is 0 Å². The van der Waals surface area contributed by atoms with Crippen molar-refractivity contribution in [3.05, 3.63) is 0 Å². The van der Waals surface area contributed by atoms with Gasteiger partial charge in [-0.3, -0.25) is 9.59 Å². The first-order valence-electron chi connectivity index (χ1n) is 5.80. The second-order valence-electron chi connectivity index (χ2n) is 3.06. The third kappa shape index (κ3) is 8.16. The predicted octanol–water partition coefficient (Wildman–Crippen LogP) is 2.97. The molecule has 0 saturated carbocycles. The van der Waals surface area contributed by atoms with Crippen LogP contribution >= 0.6 is 0 Å². The lowest BCUT2D eigenvalue weighted by Gasteiger charge is -2.11. The number of ether oxygens (including phenoxy) is 1. The molecule has 1 unspecified atom stereocenters. The van der Waals surface area contributed by atoms with Crippen molar-refractivity contribution >= 4 is 11.8 Å². The van der Waals surface area contributed by atoms with E-state index >= 15 is 0 Å². The van der Waals surface area contributed by atoms with E-state index in [0.29, 0.717) is 13.0 Å². The summed E-state index contributed by atoms with van der Waals surface area (Å²) in [6, 6.07) is 0. The van der Waals surface area contributed by atoms with E-state index in [0.717, 1.165) is 12.8 Å². The topological polar surface area (TPSA) is 43.4 Å². The van der Waals surface area contributed by atoms with Crippen molar-refractivity contribution in [2.24, 2.45) is 5.92 Å². The van der Waals surface area contributed by atoms with Gasteiger partial charge in [0.05, 0.1) is 6.61 Å². The number of rotatable bonds is 6. The molecule has 3 heteroatoms. The molecule has 90 valence electrons. The van der Waals surface area contributed by atoms with Gasteiger partial charge in [-0.15, -0.1) is 0 Å². The summed E-state index contributed by atoms with van der Waals surface area (Å²) in [6.45, 7) is 9.56. The first-order valence-corrected chi connectivity index (χ1v) is 5.80. The molecule has 0 radical (unpaired) electrons. The number of esters is 1. The van der Waals surface area contributed by atoms with Gasteiger partial charge in [0, 0.05) is 0 Å². The van der Waals surface area contributed by atoms with E-state index in [1.165, 1.54) is 6.92 Å². The maximum absolute atomic E-state index is 11.2. The van der Waals surface area contributed by atoms with Crippen molar-refractivity contribution in [1.82, 2.24) is 0 Å². The number of Topliss-reactive ketones (excluding diaryl/α,β-unsaturated/α-hetero) is 1. The van der Waals surface area contributed by atoms with E-state index in [2.05, 4.69) is 0 Å². The molecule has 0 aliphatic carbocycles. The van der Waals surface area contributed by atoms with Gasteiger partial charge in [-0.05, 0) is 20.3 Å². The highest BCUT2D eigenvalue weighted by Gasteiger charge is 2.23. The summed E-state index contributed by atoms with van der Waals surface area (Å²) in [7, 11) is 0. The maximum Gasteiger partial charge on any atom is 0.316 e. The highest BCUT2D eigenvalue weighted by molar-refractivity contribution is 5.97. The molecule has 0 aliphatic heterocycles. The van der Waals surface area contributed by atoms with Gasteiger partial charge in [0.15, 0.2) is 0 Å². The molecule has 0 rings (SSSR count). The molecule has 0 aromatic heterocycles. The van der Waals surface area contributed by atoms with E-state index in [4.69, 9.17) is 4.74 Å². The lowest BCUT2D eigenvalue weighted by atomic mass is 9.98. The number of ketones is 1. The fourth-order valence-electron chi connectivity index (χ4n) is 1.14. The van der Waals surface area contributed by atoms with Crippen LogP contribution in [0.2, 0.25) is 0 Å². The smallest absolute Gasteiger partial charge is 0.316 e. The average Bonchev–Trinajstić information content (AvgIpc) is 2.21. The van der Waals surface area contributed by atoms with E-state index in [-0.39, 0.29) is 11.8 Å². The summed E-state index contributed by atoms with van der Waals surface area (Å²) in [6.07, 6.45) is 2.50. The Hall–Kier alpha value is -0.860. The molecule has 1 atom stereocenters. The standard InChI is InChI=1S/C10H18O3.C2H6/c1-4-6-7-9(8(3)11)10(12)13-5-2;1-2/h9H,4-7H2,1-3H3;1-2H3. The summed E-state index contributed by atoms with van der Waals surface area (Å²) in [5.74, 6) is -1.00. The minimum absolute atomic E-state index is 0.0908. The van der Waals surface area contributed by atoms with E-state index < -0.39 is 5.92 Å². The summed E-state index contributed by atoms with van der Waals surface area (Å²) in [5, 5.41) is 0. The molecule has 0 saturated heterocycles. The molecule has 0 spiro atoms. The third-order valence-electron chi connectivity index (χ3n) is 1.91. The van der Waals surface area contributed by atoms with Crippen LogP contribution in [0.1, 0.15) is 53.9 Å². The Morgan fingerprint density at radius 1 is 1.20 bits per heavy atom. The zero-order valence-electron chi connectivity index (χ0n) is 10.6. The summed E-state index contributed by atoms with van der Waals surface area (Å²) in [5.41, 5.74) is 0. The van der Waals surface area contributed by atoms with Crippen molar-refractivity contribution < 1.29 is 14.3 Å². The van der Waals surface area contributed by atoms with Gasteiger partial charge in [-0.25, -0.2) is 0 Å². The third-order valence-corrected chi connectivity index (χ3v) is 1.91. The van der Waals surface area contributed by atoms with E-state index in [9.17, 15) is 9.59 Å². The molecule has 0 bridgehead atoms. The Morgan fingerprint density at radius 2 is 1.73 bits per heavy atom. The van der Waals surface area contributed by atoms with Crippen LogP contribution in [0.5, 0.6) is 0 Å². The molecule has 0 N–H and O–H groups in total. The van der Waals surface area contributed by atoms with Crippen molar-refractivity contribution in [2.45, 2.75) is 53.9 Å². The van der Waals surface area contributed by atoms with Crippen LogP contribution in [-0.4, -0.2) is 18.4 Å². The zero-order valence-corrected chi connectivity index (χ0v) is 10.6. The van der Waals surface area contributed by atoms with Gasteiger partial charge in [0.25, 0.3) is 0 Å². The number of carbonyl (C=O) groups excluding carboxylic acids is 2. The van der Waals surface area contributed by atoms with Crippen LogP contribution in [0, 0.1) is 5.92 Å². The summed E-state index contributed by atoms with van der Waals surface area (Å²) in [4.78, 5) is 22.3. The number of hydrogen-bond donors (Lipinski definition) is 0. The van der Waals surface area contributed by atoms with Gasteiger partial charge in [-0.1, -0.05) is 33.6 Å². The van der Waals surface area contributed by atoms with Crippen molar-refractivity contribution in [3.63, 3.8) is 0 Å². The first kappa shape index (κ1) is 16.6. The van der Waals surface area contributed by atoms with Gasteiger partial charge >= 0.3 is 5.97 Å². The molecule has 0 aliphatic rings. The second-order valence-corrected chi connectivity index (χ2v) is 3.06. The van der Waals surface area contributed by atoms with Crippen molar-refractivity contribution in [1.29, 1.82) is 0 Å². The Bertz CT molecular complexity index is 176. The second kappa shape index (κ2) is 11.2. The van der Waals surface area contributed by atoms with E-state index in [1.807, 2.05) is 20.8 Å². The monoisotopic (exact) mass is 216 g/mol. The fraction of sp³-hybridized carbons (Fsp3) is 0.833. The summed E-state index contributed by atoms with van der Waals surface area (Å²) < 4.78 is 4.80. The van der Waals surface area contributed by atoms with Crippen LogP contribution in [0.3, 0.4) is 0 Å². The highest BCUT2D eigenvalue weighted by Crippen LogP contribution is 2.11. The van der Waals surface area contributed by atoms with Gasteiger partial charge < -0.3 is 4.74 Å². The molecule has 0 amide bonds. The molecular weight excluding hydrogens is 192 g/mol. The van der Waals surface area contributed by atoms with Gasteiger partial charge in [0.2, 0.25) is 0 Å². The van der Waals surface area contributed by atoms with Crippen LogP contribution < -0.4 is 0 Å². The normalized spacial score (nSPS) is 11.0. The largest absolute Gasteiger partial charge is 0.465 e. The van der Waals surface area contributed by atoms with Crippen LogP contribution in [-0.2, 0) is 14.3 Å². The van der Waals surface area contributed by atoms with Crippen molar-refractivity contribution in [3.8, 4) is 0 Å². The quantitative estimate of drug-likeness (QED) is 0.506. The number of carbonyl (C=O) groups is 2. The molecular formula is C12H24O3. The molecule has 15 heavy (non-hydrogen) atoms. The highest BCUT2D eigenvalue weighted by atomic mass is 16.5. The molecule has 0 aromatic rings. The van der Waals surface area contributed by atoms with Gasteiger partial charge in [0.1, 0.15) is 11.7 Å². The fourth-order valence-corrected chi connectivity index (χ4v) is 1.14. The Balaban J connectivity index is 0. The number of unbranched alkanes of at least 4 members (excludes halogenated alkanes) is 1. The van der Waals surface area contributed by atoms with E-state index in [1.54, 1.807) is 6.92 Å². The molecule has 0 heterocycles. The Kier molecular flexibility index (Phi) is 12.4. The minimum Gasteiger partial charge on any atom is -0.465 e. The Morgan fingerprint density at radius 3 is 2.07 bits per heavy atom. The molecule has 0 aromatic carbocycles. The first-order chi connectivity index (χ1) is 7.13. The van der Waals surface area contributed by atoms with Gasteiger partial charge in [-0.2, -0.15) is 0 Å². The maximum atomic E-state index is 11.2. The number of hydrogen-bond acceptors (Lipinski definition) is 3. The molecule has 0 fully saturated rings. The lowest BCUT2D eigenvalue weighted by Crippen LogP contribution is -2.24. The lowest BCUT2D eigenvalue weighted by molar-refractivity contribution is -0.151. The average molecular weight is 216 g/mol. The Labute approximate surface area is 93.2 Å². The van der Waals surface area contributed by atoms with Crippen molar-refractivity contribution in [2.75, 3.05) is 6.61 Å². The minimum atomic E-state index is -0.542. The predicted molar refractivity (Wildman–Crippen MR) is 61.7 cm³/mol. The summed E-state index contributed by atoms with van der Waals surface area (Å²) >= 11 is 0. The zero-order chi connectivity index (χ0) is 12.3. The SMILES string of the molecule is CC.CCCCC(C(C)=O)C(=O)OCC. The van der Waals surface area contributed by atoms with Crippen LogP contribution in [0.4, 0.5) is 0 Å². The molecule has 3 nitrogen and oxygen atoms in total.